The van der Waals surface area contributed by atoms with Crippen LogP contribution in [0, 0.1) is 5.92 Å². The molecule has 17 nitrogen and oxygen atoms in total. The van der Waals surface area contributed by atoms with Gasteiger partial charge in [0.25, 0.3) is 0 Å². The molecule has 0 bridgehead atoms. The van der Waals surface area contributed by atoms with E-state index in [-0.39, 0.29) is 30.9 Å². The van der Waals surface area contributed by atoms with Crippen LogP contribution in [0.5, 0.6) is 0 Å². The highest BCUT2D eigenvalue weighted by atomic mass is 16.7. The molecule has 0 saturated heterocycles. The molecule has 0 aliphatic heterocycles. The molecule has 0 spiro atoms. The number of para-hydroxylation sites is 1. The molecule has 54 heavy (non-hydrogen) atoms. The predicted molar refractivity (Wildman–Crippen MR) is 196 cm³/mol. The molecule has 0 unspecified atom stereocenters. The first-order chi connectivity index (χ1) is 25.3. The lowest BCUT2D eigenvalue weighted by Gasteiger charge is -2.25. The molecule has 10 N–H and O–H groups in total. The van der Waals surface area contributed by atoms with Crippen molar-refractivity contribution in [1.29, 1.82) is 0 Å². The van der Waals surface area contributed by atoms with Crippen molar-refractivity contribution in [3.63, 3.8) is 0 Å². The topological polar surface area (TPSA) is 274 Å². The maximum atomic E-state index is 13.6. The quantitative estimate of drug-likeness (QED) is 0.0640. The first-order valence-electron chi connectivity index (χ1n) is 17.3. The number of ketones is 1. The average Bonchev–Trinajstić information content (AvgIpc) is 3.44. The van der Waals surface area contributed by atoms with Crippen LogP contribution in [0.15, 0.2) is 54.6 Å². The number of hydrogen-bond donors (Lipinski definition) is 8. The first kappa shape index (κ1) is 42.6. The third kappa shape index (κ3) is 13.3. The summed E-state index contributed by atoms with van der Waals surface area (Å²) in [5.41, 5.74) is 14.9. The maximum absolute atomic E-state index is 13.6. The van der Waals surface area contributed by atoms with E-state index in [9.17, 15) is 38.7 Å². The number of Topliss-reactive ketones (excluding diaryl/α,β-unsaturated/α-hetero) is 1. The van der Waals surface area contributed by atoms with Crippen LogP contribution >= 0.6 is 0 Å². The van der Waals surface area contributed by atoms with Crippen molar-refractivity contribution in [1.82, 2.24) is 26.4 Å². The molecule has 4 atom stereocenters. The molecule has 0 saturated carbocycles. The van der Waals surface area contributed by atoms with Gasteiger partial charge in [0.1, 0.15) is 30.3 Å². The molecule has 3 rings (SSSR count). The molecular weight excluding hydrogens is 702 g/mol. The minimum absolute atomic E-state index is 0.0271. The maximum Gasteiger partial charge on any atom is 0.431 e. The van der Waals surface area contributed by atoms with Crippen molar-refractivity contribution < 1.29 is 48.2 Å². The van der Waals surface area contributed by atoms with Gasteiger partial charge >= 0.3 is 12.1 Å². The number of aliphatic carboxylic acids is 1. The number of amides is 5. The second kappa shape index (κ2) is 19.3. The normalized spacial score (nSPS) is 13.6. The van der Waals surface area contributed by atoms with Crippen LogP contribution in [-0.4, -0.2) is 87.9 Å². The highest BCUT2D eigenvalue weighted by Gasteiger charge is 2.32. The van der Waals surface area contributed by atoms with E-state index in [1.54, 1.807) is 89.2 Å². The third-order valence-electron chi connectivity index (χ3n) is 7.91. The van der Waals surface area contributed by atoms with Crippen LogP contribution in [0.2, 0.25) is 0 Å². The summed E-state index contributed by atoms with van der Waals surface area (Å²) in [6, 6.07) is 10.3. The van der Waals surface area contributed by atoms with E-state index in [1.807, 2.05) is 0 Å². The van der Waals surface area contributed by atoms with Gasteiger partial charge in [0, 0.05) is 17.3 Å². The monoisotopic (exact) mass is 751 g/mol. The standard InChI is InChI=1S/C37H49N7O10/c1-20(2)15-27(34(50)43-28(18-30(46)47)35(51)41-26(32(39)48)16-21-11-7-6-8-12-21)42-33(49)24(38)17-23-22-13-9-10-14-25(22)40-31(23)29(45)19-53-44-36(52)54-37(3,4)5/h6-14,20,24,26-28,40H,15-19,38H2,1-5H3,(H2,39,48)(H,41,51)(H,42,49)(H,43,50)(H,44,52)(H,46,47)/t24-,26-,27-,28-/m0/s1. The molecular formula is C37H49N7O10. The second-order valence-electron chi connectivity index (χ2n) is 14.2. The zero-order valence-corrected chi connectivity index (χ0v) is 30.9. The number of hydroxylamine groups is 1. The lowest BCUT2D eigenvalue weighted by atomic mass is 9.99. The van der Waals surface area contributed by atoms with Crippen molar-refractivity contribution in [3.8, 4) is 0 Å². The molecule has 17 heteroatoms. The van der Waals surface area contributed by atoms with Crippen LogP contribution in [-0.2, 0) is 46.4 Å². The third-order valence-corrected chi connectivity index (χ3v) is 7.91. The fourth-order valence-electron chi connectivity index (χ4n) is 5.48. The number of H-pyrrole nitrogens is 1. The van der Waals surface area contributed by atoms with Gasteiger partial charge in [0.05, 0.1) is 18.2 Å². The molecule has 5 amide bonds. The number of hydrogen-bond acceptors (Lipinski definition) is 10. The Morgan fingerprint density at radius 3 is 2.02 bits per heavy atom. The van der Waals surface area contributed by atoms with Crippen molar-refractivity contribution in [2.75, 3.05) is 6.61 Å². The number of carboxylic acid groups (broad SMARTS) is 1. The smallest absolute Gasteiger partial charge is 0.431 e. The predicted octanol–water partition coefficient (Wildman–Crippen LogP) is 1.38. The van der Waals surface area contributed by atoms with Gasteiger partial charge < -0.3 is 42.2 Å². The van der Waals surface area contributed by atoms with Gasteiger partial charge in [-0.15, -0.1) is 0 Å². The molecule has 1 aromatic heterocycles. The van der Waals surface area contributed by atoms with E-state index in [1.165, 1.54) is 0 Å². The number of ether oxygens (including phenoxy) is 1. The zero-order chi connectivity index (χ0) is 40.2. The number of fused-ring (bicyclic) bond motifs is 1. The number of primary amides is 1. The van der Waals surface area contributed by atoms with Gasteiger partial charge in [-0.05, 0) is 56.7 Å². The minimum atomic E-state index is -1.63. The summed E-state index contributed by atoms with van der Waals surface area (Å²) >= 11 is 0. The molecule has 0 radical (unpaired) electrons. The number of rotatable bonds is 19. The summed E-state index contributed by atoms with van der Waals surface area (Å²) in [4.78, 5) is 97.5. The summed E-state index contributed by atoms with van der Waals surface area (Å²) in [6.07, 6.45) is -1.77. The van der Waals surface area contributed by atoms with Crippen LogP contribution in [0.3, 0.4) is 0 Å². The van der Waals surface area contributed by atoms with E-state index in [0.29, 0.717) is 22.0 Å². The van der Waals surface area contributed by atoms with Gasteiger partial charge in [-0.25, -0.2) is 4.79 Å². The van der Waals surface area contributed by atoms with Crippen LogP contribution in [0.1, 0.15) is 69.1 Å². The SMILES string of the molecule is CC(C)C[C@H](NC(=O)[C@@H](N)Cc1c(C(=O)CONC(=O)OC(C)(C)C)[nH]c2ccccc12)C(=O)N[C@@H](CC(=O)O)C(=O)N[C@@H](Cc1ccccc1)C(N)=O. The molecule has 1 heterocycles. The fraction of sp³-hybridized carbons (Fsp3) is 0.432. The first-order valence-corrected chi connectivity index (χ1v) is 17.3. The van der Waals surface area contributed by atoms with Crippen LogP contribution < -0.4 is 32.9 Å². The van der Waals surface area contributed by atoms with Crippen molar-refractivity contribution in [2.45, 2.75) is 90.1 Å². The number of carbonyl (C=O) groups is 7. The largest absolute Gasteiger partial charge is 0.481 e. The van der Waals surface area contributed by atoms with Gasteiger partial charge in [-0.3, -0.25) is 33.6 Å². The number of carbonyl (C=O) groups excluding carboxylic acids is 6. The number of aromatic nitrogens is 1. The van der Waals surface area contributed by atoms with E-state index < -0.39 is 84.3 Å². The molecule has 2 aromatic carbocycles. The van der Waals surface area contributed by atoms with Gasteiger partial charge in [0.15, 0.2) is 0 Å². The van der Waals surface area contributed by atoms with E-state index in [2.05, 4.69) is 26.4 Å². The van der Waals surface area contributed by atoms with E-state index in [0.717, 1.165) is 0 Å². The van der Waals surface area contributed by atoms with Crippen LogP contribution in [0.25, 0.3) is 10.9 Å². The van der Waals surface area contributed by atoms with E-state index in [4.69, 9.17) is 21.0 Å². The number of nitrogens with one attached hydrogen (secondary N) is 5. The number of nitrogens with two attached hydrogens (primary N) is 2. The summed E-state index contributed by atoms with van der Waals surface area (Å²) in [5.74, 6) is -5.57. The zero-order valence-electron chi connectivity index (χ0n) is 30.9. The van der Waals surface area contributed by atoms with E-state index >= 15 is 0 Å². The van der Waals surface area contributed by atoms with Gasteiger partial charge in [-0.2, -0.15) is 5.48 Å². The fourth-order valence-corrected chi connectivity index (χ4v) is 5.48. The molecule has 0 aliphatic carbocycles. The Labute approximate surface area is 312 Å². The Bertz CT molecular complexity index is 1820. The molecule has 3 aromatic rings. The average molecular weight is 752 g/mol. The number of carboxylic acids is 1. The number of benzene rings is 2. The minimum Gasteiger partial charge on any atom is -0.481 e. The summed E-state index contributed by atoms with van der Waals surface area (Å²) in [5, 5.41) is 17.6. The molecule has 292 valence electrons. The Morgan fingerprint density at radius 1 is 0.815 bits per heavy atom. The highest BCUT2D eigenvalue weighted by molar-refractivity contribution is 6.03. The van der Waals surface area contributed by atoms with Crippen molar-refractivity contribution >= 4 is 52.4 Å². The van der Waals surface area contributed by atoms with Gasteiger partial charge in [0.2, 0.25) is 29.4 Å². The second-order valence-corrected chi connectivity index (χ2v) is 14.2. The highest BCUT2D eigenvalue weighted by Crippen LogP contribution is 2.24. The summed E-state index contributed by atoms with van der Waals surface area (Å²) < 4.78 is 5.10. The Kier molecular flexibility index (Phi) is 15.2. The Morgan fingerprint density at radius 2 is 1.41 bits per heavy atom. The summed E-state index contributed by atoms with van der Waals surface area (Å²) in [6.45, 7) is 8.00. The molecule has 0 fully saturated rings. The lowest BCUT2D eigenvalue weighted by molar-refractivity contribution is -0.141. The van der Waals surface area contributed by atoms with Crippen molar-refractivity contribution in [2.24, 2.45) is 17.4 Å². The number of aromatic amines is 1. The lowest BCUT2D eigenvalue weighted by Crippen LogP contribution is -2.58. The van der Waals surface area contributed by atoms with Crippen molar-refractivity contribution in [3.05, 3.63) is 71.4 Å². The Hall–Kier alpha value is -5.81. The molecule has 0 aliphatic rings. The van der Waals surface area contributed by atoms with Gasteiger partial charge in [-0.1, -0.05) is 62.4 Å². The summed E-state index contributed by atoms with van der Waals surface area (Å²) in [7, 11) is 0. The Balaban J connectivity index is 1.75. The van der Waals surface area contributed by atoms with Crippen LogP contribution in [0.4, 0.5) is 4.79 Å².